The molecule has 3 heteroatoms. The molecule has 2 rings (SSSR count). The van der Waals surface area contributed by atoms with Crippen LogP contribution in [0.3, 0.4) is 0 Å². The van der Waals surface area contributed by atoms with Crippen LogP contribution in [-0.2, 0) is 6.42 Å². The third-order valence-corrected chi connectivity index (χ3v) is 2.37. The highest BCUT2D eigenvalue weighted by Crippen LogP contribution is 2.20. The summed E-state index contributed by atoms with van der Waals surface area (Å²) in [7, 11) is 0. The van der Waals surface area contributed by atoms with Crippen molar-refractivity contribution in [3.8, 4) is 11.6 Å². The minimum absolute atomic E-state index is 0.272. The summed E-state index contributed by atoms with van der Waals surface area (Å²) < 4.78 is 18.3. The zero-order valence-electron chi connectivity index (χ0n) is 9.69. The molecule has 1 aromatic heterocycles. The minimum Gasteiger partial charge on any atom is -0.439 e. The van der Waals surface area contributed by atoms with Crippen LogP contribution in [-0.4, -0.2) is 4.98 Å². The Morgan fingerprint density at radius 3 is 2.53 bits per heavy atom. The van der Waals surface area contributed by atoms with Crippen LogP contribution in [0.15, 0.2) is 42.5 Å². The van der Waals surface area contributed by atoms with Crippen LogP contribution in [0.4, 0.5) is 4.39 Å². The third kappa shape index (κ3) is 3.28. The first-order chi connectivity index (χ1) is 8.28. The van der Waals surface area contributed by atoms with E-state index in [1.54, 1.807) is 12.1 Å². The molecule has 0 bridgehead atoms. The zero-order valence-corrected chi connectivity index (χ0v) is 9.69. The van der Waals surface area contributed by atoms with Gasteiger partial charge in [0.2, 0.25) is 11.8 Å². The van der Waals surface area contributed by atoms with Crippen molar-refractivity contribution in [2.24, 2.45) is 0 Å². The Balaban J connectivity index is 2.08. The molecule has 2 nitrogen and oxygen atoms in total. The second-order valence-electron chi connectivity index (χ2n) is 3.79. The van der Waals surface area contributed by atoms with E-state index in [0.29, 0.717) is 5.75 Å². The van der Waals surface area contributed by atoms with Crippen molar-refractivity contribution < 1.29 is 9.13 Å². The summed E-state index contributed by atoms with van der Waals surface area (Å²) in [6.07, 6.45) is 2.17. The van der Waals surface area contributed by atoms with Gasteiger partial charge in [-0.25, -0.2) is 0 Å². The monoisotopic (exact) mass is 231 g/mol. The van der Waals surface area contributed by atoms with Crippen molar-refractivity contribution in [1.82, 2.24) is 4.98 Å². The molecule has 0 saturated heterocycles. The van der Waals surface area contributed by atoms with Crippen LogP contribution in [0.25, 0.3) is 0 Å². The molecule has 0 spiro atoms. The zero-order chi connectivity index (χ0) is 12.1. The first kappa shape index (κ1) is 11.6. The number of hydrogen-bond acceptors (Lipinski definition) is 2. The molecule has 0 radical (unpaired) electrons. The number of benzene rings is 1. The van der Waals surface area contributed by atoms with Crippen LogP contribution in [0, 0.1) is 5.95 Å². The lowest BCUT2D eigenvalue weighted by Gasteiger charge is -2.05. The number of aryl methyl sites for hydroxylation is 1. The Morgan fingerprint density at radius 1 is 1.12 bits per heavy atom. The lowest BCUT2D eigenvalue weighted by molar-refractivity contribution is 0.445. The molecule has 2 aromatic rings. The van der Waals surface area contributed by atoms with E-state index in [-0.39, 0.29) is 5.88 Å². The fourth-order valence-corrected chi connectivity index (χ4v) is 1.58. The Kier molecular flexibility index (Phi) is 3.70. The van der Waals surface area contributed by atoms with Gasteiger partial charge in [-0.1, -0.05) is 31.5 Å². The largest absolute Gasteiger partial charge is 0.439 e. The maximum Gasteiger partial charge on any atom is 0.221 e. The second kappa shape index (κ2) is 5.43. The molecular weight excluding hydrogens is 217 g/mol. The van der Waals surface area contributed by atoms with Gasteiger partial charge in [0, 0.05) is 6.07 Å². The summed E-state index contributed by atoms with van der Waals surface area (Å²) in [5, 5.41) is 0. The molecule has 0 amide bonds. The summed E-state index contributed by atoms with van der Waals surface area (Å²) >= 11 is 0. The van der Waals surface area contributed by atoms with E-state index in [2.05, 4.69) is 11.9 Å². The summed E-state index contributed by atoms with van der Waals surface area (Å²) in [5.41, 5.74) is 1.27. The molecule has 0 saturated carbocycles. The summed E-state index contributed by atoms with van der Waals surface area (Å²) in [6, 6.07) is 12.3. The Hall–Kier alpha value is -1.90. The number of nitrogens with zero attached hydrogens (tertiary/aromatic N) is 1. The first-order valence-corrected chi connectivity index (χ1v) is 5.67. The fraction of sp³-hybridized carbons (Fsp3) is 0.214. The van der Waals surface area contributed by atoms with Crippen LogP contribution in [0.5, 0.6) is 11.6 Å². The van der Waals surface area contributed by atoms with Crippen molar-refractivity contribution in [1.29, 1.82) is 0 Å². The van der Waals surface area contributed by atoms with Crippen molar-refractivity contribution in [2.45, 2.75) is 19.8 Å². The van der Waals surface area contributed by atoms with Gasteiger partial charge in [-0.05, 0) is 30.2 Å². The highest BCUT2D eigenvalue weighted by Gasteiger charge is 2.00. The van der Waals surface area contributed by atoms with Crippen LogP contribution in [0.2, 0.25) is 0 Å². The topological polar surface area (TPSA) is 22.1 Å². The van der Waals surface area contributed by atoms with Crippen LogP contribution in [0.1, 0.15) is 18.9 Å². The van der Waals surface area contributed by atoms with Gasteiger partial charge in [-0.15, -0.1) is 0 Å². The maximum atomic E-state index is 12.8. The van der Waals surface area contributed by atoms with E-state index in [4.69, 9.17) is 4.74 Å². The molecule has 1 aromatic carbocycles. The predicted octanol–water partition coefficient (Wildman–Crippen LogP) is 3.97. The lowest BCUT2D eigenvalue weighted by Crippen LogP contribution is -1.90. The van der Waals surface area contributed by atoms with Gasteiger partial charge < -0.3 is 4.74 Å². The van der Waals surface area contributed by atoms with E-state index in [1.165, 1.54) is 11.6 Å². The average Bonchev–Trinajstić information content (AvgIpc) is 2.32. The van der Waals surface area contributed by atoms with Gasteiger partial charge in [0.1, 0.15) is 5.75 Å². The molecule has 0 aliphatic rings. The fourth-order valence-electron chi connectivity index (χ4n) is 1.58. The number of ether oxygens (including phenoxy) is 1. The van der Waals surface area contributed by atoms with E-state index < -0.39 is 5.95 Å². The van der Waals surface area contributed by atoms with Gasteiger partial charge in [-0.3, -0.25) is 0 Å². The number of hydrogen-bond donors (Lipinski definition) is 0. The maximum absolute atomic E-state index is 12.8. The molecule has 0 aliphatic heterocycles. The van der Waals surface area contributed by atoms with Crippen molar-refractivity contribution in [3.05, 3.63) is 54.0 Å². The highest BCUT2D eigenvalue weighted by atomic mass is 19.1. The highest BCUT2D eigenvalue weighted by molar-refractivity contribution is 5.30. The minimum atomic E-state index is -0.537. The SMILES string of the molecule is CCCc1ccc(Oc2cccc(F)n2)cc1. The molecule has 0 aliphatic carbocycles. The van der Waals surface area contributed by atoms with Crippen molar-refractivity contribution in [3.63, 3.8) is 0 Å². The number of pyridine rings is 1. The molecule has 0 fully saturated rings. The average molecular weight is 231 g/mol. The summed E-state index contributed by atoms with van der Waals surface area (Å²) in [4.78, 5) is 3.64. The van der Waals surface area contributed by atoms with Gasteiger partial charge in [0.15, 0.2) is 0 Å². The second-order valence-corrected chi connectivity index (χ2v) is 3.79. The molecule has 17 heavy (non-hydrogen) atoms. The molecule has 0 N–H and O–H groups in total. The van der Waals surface area contributed by atoms with Crippen molar-refractivity contribution >= 4 is 0 Å². The molecular formula is C14H14FNO. The predicted molar refractivity (Wildman–Crippen MR) is 64.7 cm³/mol. The van der Waals surface area contributed by atoms with Crippen molar-refractivity contribution in [2.75, 3.05) is 0 Å². The standard InChI is InChI=1S/C14H14FNO/c1-2-4-11-7-9-12(10-8-11)17-14-6-3-5-13(15)16-14/h3,5-10H,2,4H2,1H3. The summed E-state index contributed by atoms with van der Waals surface area (Å²) in [5.74, 6) is 0.404. The van der Waals surface area contributed by atoms with E-state index in [9.17, 15) is 4.39 Å². The van der Waals surface area contributed by atoms with Gasteiger partial charge >= 0.3 is 0 Å². The van der Waals surface area contributed by atoms with E-state index >= 15 is 0 Å². The third-order valence-electron chi connectivity index (χ3n) is 2.37. The van der Waals surface area contributed by atoms with E-state index in [1.807, 2.05) is 24.3 Å². The van der Waals surface area contributed by atoms with Gasteiger partial charge in [0.25, 0.3) is 0 Å². The molecule has 0 atom stereocenters. The van der Waals surface area contributed by atoms with Crippen LogP contribution < -0.4 is 4.74 Å². The van der Waals surface area contributed by atoms with Gasteiger partial charge in [-0.2, -0.15) is 9.37 Å². The molecule has 1 heterocycles. The first-order valence-electron chi connectivity index (χ1n) is 5.67. The van der Waals surface area contributed by atoms with Crippen LogP contribution >= 0.6 is 0 Å². The lowest BCUT2D eigenvalue weighted by atomic mass is 10.1. The quantitative estimate of drug-likeness (QED) is 0.743. The number of aromatic nitrogens is 1. The normalized spacial score (nSPS) is 10.2. The summed E-state index contributed by atoms with van der Waals surface area (Å²) in [6.45, 7) is 2.14. The Bertz CT molecular complexity index is 482. The number of halogens is 1. The Labute approximate surface area is 100 Å². The van der Waals surface area contributed by atoms with E-state index in [0.717, 1.165) is 12.8 Å². The van der Waals surface area contributed by atoms with Gasteiger partial charge in [0.05, 0.1) is 0 Å². The smallest absolute Gasteiger partial charge is 0.221 e. The molecule has 88 valence electrons. The Morgan fingerprint density at radius 2 is 1.88 bits per heavy atom. The molecule has 0 unspecified atom stereocenters. The number of rotatable bonds is 4.